The summed E-state index contributed by atoms with van der Waals surface area (Å²) >= 11 is 0.958. The molecule has 2 aromatic carbocycles. The number of benzene rings is 2. The lowest BCUT2D eigenvalue weighted by Crippen LogP contribution is -2.31. The molecule has 1 N–H and O–H groups in total. The minimum absolute atomic E-state index is 0.114. The minimum atomic E-state index is -1.05. The topological polar surface area (TPSA) is 115 Å². The van der Waals surface area contributed by atoms with Gasteiger partial charge in [-0.05, 0) is 56.5 Å². The molecule has 41 heavy (non-hydrogen) atoms. The normalized spacial score (nSPS) is 15.1. The van der Waals surface area contributed by atoms with E-state index in [2.05, 4.69) is 4.98 Å². The van der Waals surface area contributed by atoms with E-state index in [4.69, 9.17) is 14.2 Å². The molecule has 0 radical (unpaired) electrons. The molecule has 1 aromatic heterocycles. The van der Waals surface area contributed by atoms with Crippen molar-refractivity contribution in [3.63, 3.8) is 0 Å². The van der Waals surface area contributed by atoms with E-state index in [-0.39, 0.29) is 22.2 Å². The number of aliphatic hydroxyl groups is 1. The Morgan fingerprint density at radius 1 is 1.05 bits per heavy atom. The Morgan fingerprint density at radius 2 is 1.80 bits per heavy atom. The number of aryl methyl sites for hydroxylation is 1. The molecule has 2 heterocycles. The Hall–Kier alpha value is -4.44. The number of amides is 1. The first kappa shape index (κ1) is 29.5. The zero-order chi connectivity index (χ0) is 29.5. The first-order chi connectivity index (χ1) is 19.8. The molecule has 1 aliphatic rings. The molecule has 0 bridgehead atoms. The number of esters is 1. The Kier molecular flexibility index (Phi) is 9.57. The molecule has 4 rings (SSSR count). The Labute approximate surface area is 242 Å². The third-order valence-electron chi connectivity index (χ3n) is 6.20. The second-order valence-corrected chi connectivity index (χ2v) is 10.0. The van der Waals surface area contributed by atoms with Gasteiger partial charge in [-0.3, -0.25) is 14.5 Å². The summed E-state index contributed by atoms with van der Waals surface area (Å²) in [5, 5.41) is 11.2. The van der Waals surface area contributed by atoms with Crippen molar-refractivity contribution in [2.45, 2.75) is 40.2 Å². The van der Waals surface area contributed by atoms with Crippen molar-refractivity contribution in [2.75, 3.05) is 24.7 Å². The van der Waals surface area contributed by atoms with E-state index in [1.807, 2.05) is 44.2 Å². The van der Waals surface area contributed by atoms with Gasteiger partial charge in [0.05, 0.1) is 37.1 Å². The molecule has 0 saturated heterocycles. The maximum Gasteiger partial charge on any atom is 0.350 e. The van der Waals surface area contributed by atoms with E-state index >= 15 is 0 Å². The number of carbonyl (C=O) groups excluding carboxylic acids is 3. The summed E-state index contributed by atoms with van der Waals surface area (Å²) in [7, 11) is 0. The predicted octanol–water partition coefficient (Wildman–Crippen LogP) is 6.00. The fraction of sp³-hybridized carbons (Fsp3) is 0.290. The molecule has 1 aliphatic heterocycles. The van der Waals surface area contributed by atoms with Crippen LogP contribution >= 0.6 is 11.3 Å². The summed E-state index contributed by atoms with van der Waals surface area (Å²) < 4.78 is 16.8. The van der Waals surface area contributed by atoms with Gasteiger partial charge >= 0.3 is 5.97 Å². The van der Waals surface area contributed by atoms with E-state index in [9.17, 15) is 19.5 Å². The van der Waals surface area contributed by atoms with Gasteiger partial charge in [-0.25, -0.2) is 9.78 Å². The van der Waals surface area contributed by atoms with Crippen LogP contribution in [0.25, 0.3) is 6.08 Å². The lowest BCUT2D eigenvalue weighted by atomic mass is 9.95. The van der Waals surface area contributed by atoms with Crippen LogP contribution in [0.4, 0.5) is 5.13 Å². The Balaban J connectivity index is 1.83. The van der Waals surface area contributed by atoms with Crippen molar-refractivity contribution in [1.82, 2.24) is 4.98 Å². The molecule has 0 spiro atoms. The molecule has 0 saturated carbocycles. The van der Waals surface area contributed by atoms with Crippen molar-refractivity contribution in [2.24, 2.45) is 0 Å². The summed E-state index contributed by atoms with van der Waals surface area (Å²) in [5.41, 5.74) is 1.54. The maximum absolute atomic E-state index is 13.6. The minimum Gasteiger partial charge on any atom is -0.503 e. The van der Waals surface area contributed by atoms with Crippen molar-refractivity contribution in [3.05, 3.63) is 87.6 Å². The fourth-order valence-corrected chi connectivity index (χ4v) is 5.35. The van der Waals surface area contributed by atoms with Crippen molar-refractivity contribution < 1.29 is 33.7 Å². The average Bonchev–Trinajstić information content (AvgIpc) is 3.48. The number of nitrogens with zero attached hydrogens (tertiary/aromatic N) is 2. The highest BCUT2D eigenvalue weighted by Gasteiger charge is 2.45. The van der Waals surface area contributed by atoms with Crippen LogP contribution in [0.15, 0.2) is 65.9 Å². The van der Waals surface area contributed by atoms with E-state index in [0.717, 1.165) is 23.3 Å². The first-order valence-corrected chi connectivity index (χ1v) is 14.2. The number of thiazole rings is 1. The monoisotopic (exact) mass is 576 g/mol. The second kappa shape index (κ2) is 13.3. The quantitative estimate of drug-likeness (QED) is 0.206. The molecule has 1 atom stereocenters. The number of aromatic nitrogens is 1. The number of ketones is 1. The summed E-state index contributed by atoms with van der Waals surface area (Å²) in [5.74, 6) is -1.64. The van der Waals surface area contributed by atoms with Crippen molar-refractivity contribution >= 4 is 40.2 Å². The van der Waals surface area contributed by atoms with E-state index in [1.54, 1.807) is 38.1 Å². The number of anilines is 1. The number of rotatable bonds is 12. The SMILES string of the molecule is CCCOc1ccc(C2C(C(=O)/C=C/c3ccccc3)=C(O)C(=O)N2c2nc(C)c(C(=O)OCC)s2)cc1OCC. The van der Waals surface area contributed by atoms with Gasteiger partial charge in [0, 0.05) is 0 Å². The van der Waals surface area contributed by atoms with Gasteiger partial charge in [0.25, 0.3) is 5.91 Å². The van der Waals surface area contributed by atoms with Gasteiger partial charge in [0.1, 0.15) is 4.88 Å². The maximum atomic E-state index is 13.6. The van der Waals surface area contributed by atoms with Crippen LogP contribution < -0.4 is 14.4 Å². The van der Waals surface area contributed by atoms with Crippen molar-refractivity contribution in [1.29, 1.82) is 0 Å². The molecule has 1 amide bonds. The number of carbonyl (C=O) groups is 3. The average molecular weight is 577 g/mol. The lowest BCUT2D eigenvalue weighted by Gasteiger charge is -2.25. The summed E-state index contributed by atoms with van der Waals surface area (Å²) in [6, 6.07) is 13.3. The highest BCUT2D eigenvalue weighted by Crippen LogP contribution is 2.45. The van der Waals surface area contributed by atoms with Crippen LogP contribution in [0.2, 0.25) is 0 Å². The van der Waals surface area contributed by atoms with Crippen LogP contribution in [0.3, 0.4) is 0 Å². The summed E-state index contributed by atoms with van der Waals surface area (Å²) in [6.07, 6.45) is 3.74. The fourth-order valence-electron chi connectivity index (χ4n) is 4.36. The zero-order valence-corrected chi connectivity index (χ0v) is 24.2. The number of ether oxygens (including phenoxy) is 3. The highest BCUT2D eigenvalue weighted by molar-refractivity contribution is 7.17. The predicted molar refractivity (Wildman–Crippen MR) is 157 cm³/mol. The van der Waals surface area contributed by atoms with Gasteiger partial charge in [0.15, 0.2) is 28.2 Å². The highest BCUT2D eigenvalue weighted by atomic mass is 32.1. The molecule has 214 valence electrons. The van der Waals surface area contributed by atoms with E-state index in [1.165, 1.54) is 11.0 Å². The Morgan fingerprint density at radius 3 is 2.49 bits per heavy atom. The van der Waals surface area contributed by atoms with Crippen LogP contribution in [0.1, 0.15) is 59.7 Å². The number of aliphatic hydroxyl groups excluding tert-OH is 1. The largest absolute Gasteiger partial charge is 0.503 e. The molecule has 3 aromatic rings. The summed E-state index contributed by atoms with van der Waals surface area (Å²) in [4.78, 5) is 45.6. The lowest BCUT2D eigenvalue weighted by molar-refractivity contribution is -0.117. The van der Waals surface area contributed by atoms with Crippen LogP contribution in [-0.2, 0) is 14.3 Å². The third kappa shape index (κ3) is 6.33. The van der Waals surface area contributed by atoms with Gasteiger partial charge < -0.3 is 19.3 Å². The van der Waals surface area contributed by atoms with Gasteiger partial charge in [-0.15, -0.1) is 0 Å². The molecule has 0 fully saturated rings. The summed E-state index contributed by atoms with van der Waals surface area (Å²) in [6.45, 7) is 8.19. The number of hydrogen-bond acceptors (Lipinski definition) is 9. The molecular weight excluding hydrogens is 544 g/mol. The number of hydrogen-bond donors (Lipinski definition) is 1. The van der Waals surface area contributed by atoms with Gasteiger partial charge in [0.2, 0.25) is 0 Å². The molecule has 10 heteroatoms. The van der Waals surface area contributed by atoms with E-state index < -0.39 is 29.5 Å². The molecular formula is C31H32N2O7S. The molecule has 1 unspecified atom stereocenters. The molecule has 9 nitrogen and oxygen atoms in total. The van der Waals surface area contributed by atoms with Crippen LogP contribution in [0.5, 0.6) is 11.5 Å². The van der Waals surface area contributed by atoms with Gasteiger partial charge in [-0.1, -0.05) is 60.7 Å². The smallest absolute Gasteiger partial charge is 0.350 e. The molecule has 0 aliphatic carbocycles. The van der Waals surface area contributed by atoms with Crippen LogP contribution in [0, 0.1) is 6.92 Å². The number of allylic oxidation sites excluding steroid dienone is 1. The van der Waals surface area contributed by atoms with Crippen molar-refractivity contribution in [3.8, 4) is 11.5 Å². The first-order valence-electron chi connectivity index (χ1n) is 13.4. The Bertz CT molecular complexity index is 1490. The standard InChI is InChI=1S/C31H32N2O7S/c1-5-17-40-23-16-14-21(18-24(23)38-6-2)26-25(22(34)15-13-20-11-9-8-10-12-20)27(35)29(36)33(26)31-32-19(4)28(41-31)30(37)39-7-3/h8-16,18,26,35H,5-7,17H2,1-4H3/b15-13+. The van der Waals surface area contributed by atoms with E-state index in [0.29, 0.717) is 36.0 Å². The second-order valence-electron chi connectivity index (χ2n) is 9.07. The third-order valence-corrected chi connectivity index (χ3v) is 7.33. The van der Waals surface area contributed by atoms with Gasteiger partial charge in [-0.2, -0.15) is 0 Å². The van der Waals surface area contributed by atoms with Crippen LogP contribution in [-0.4, -0.2) is 47.6 Å². The zero-order valence-electron chi connectivity index (χ0n) is 23.4.